The Morgan fingerprint density at radius 1 is 1.27 bits per heavy atom. The first-order chi connectivity index (χ1) is 10.6. The summed E-state index contributed by atoms with van der Waals surface area (Å²) in [5.41, 5.74) is 1.31. The number of nitrogens with zero attached hydrogens (tertiary/aromatic N) is 1. The van der Waals surface area contributed by atoms with Crippen LogP contribution in [0.5, 0.6) is 5.75 Å². The van der Waals surface area contributed by atoms with Gasteiger partial charge in [-0.1, -0.05) is 47.9 Å². The van der Waals surface area contributed by atoms with E-state index in [1.54, 1.807) is 0 Å². The van der Waals surface area contributed by atoms with E-state index in [2.05, 4.69) is 22.1 Å². The number of hydrogen-bond donors (Lipinski definition) is 2. The number of nitrogens with one attached hydrogen (secondary N) is 1. The molecule has 5 nitrogen and oxygen atoms in total. The Kier molecular flexibility index (Phi) is 5.64. The monoisotopic (exact) mass is 316 g/mol. The zero-order valence-electron chi connectivity index (χ0n) is 11.5. The molecule has 0 bridgehead atoms. The number of alkyl carbamates (subject to hydrolysis) is 1. The maximum absolute atomic E-state index is 11.5. The highest BCUT2D eigenvalue weighted by atomic mass is 35.5. The summed E-state index contributed by atoms with van der Waals surface area (Å²) < 4.78 is 5.03. The van der Waals surface area contributed by atoms with Crippen molar-refractivity contribution in [3.8, 4) is 17.6 Å². The SMILES string of the molecule is O=C(NCC#Cc1ccc(O)c(Cl)n1)OCc1ccccc1. The molecule has 1 aromatic heterocycles. The van der Waals surface area contributed by atoms with Gasteiger partial charge in [-0.2, -0.15) is 0 Å². The molecule has 2 N–H and O–H groups in total. The minimum Gasteiger partial charge on any atom is -0.505 e. The lowest BCUT2D eigenvalue weighted by atomic mass is 10.2. The molecule has 1 aromatic carbocycles. The Bertz CT molecular complexity index is 708. The van der Waals surface area contributed by atoms with Crippen molar-refractivity contribution in [2.24, 2.45) is 0 Å². The second-order valence-electron chi connectivity index (χ2n) is 4.22. The second kappa shape index (κ2) is 7.91. The summed E-state index contributed by atoms with van der Waals surface area (Å²) in [5.74, 6) is 5.33. The fourth-order valence-corrected chi connectivity index (χ4v) is 1.68. The third kappa shape index (κ3) is 5.00. The van der Waals surface area contributed by atoms with E-state index in [1.807, 2.05) is 30.3 Å². The number of benzene rings is 1. The summed E-state index contributed by atoms with van der Waals surface area (Å²) in [6.45, 7) is 0.322. The van der Waals surface area contributed by atoms with Crippen LogP contribution in [-0.2, 0) is 11.3 Å². The third-order valence-corrected chi connectivity index (χ3v) is 2.86. The van der Waals surface area contributed by atoms with E-state index in [0.717, 1.165) is 5.56 Å². The molecular weight excluding hydrogens is 304 g/mol. The first-order valence-electron chi connectivity index (χ1n) is 6.44. The molecule has 0 spiro atoms. The van der Waals surface area contributed by atoms with Crippen LogP contribution in [0.2, 0.25) is 5.15 Å². The van der Waals surface area contributed by atoms with Gasteiger partial charge >= 0.3 is 6.09 Å². The molecule has 0 aliphatic heterocycles. The average molecular weight is 317 g/mol. The quantitative estimate of drug-likeness (QED) is 0.674. The van der Waals surface area contributed by atoms with Crippen molar-refractivity contribution in [1.29, 1.82) is 0 Å². The van der Waals surface area contributed by atoms with Crippen LogP contribution in [0, 0.1) is 11.8 Å². The number of ether oxygens (including phenoxy) is 1. The van der Waals surface area contributed by atoms with Gasteiger partial charge in [0, 0.05) is 0 Å². The first-order valence-corrected chi connectivity index (χ1v) is 6.82. The van der Waals surface area contributed by atoms with Gasteiger partial charge in [0.25, 0.3) is 0 Å². The first kappa shape index (κ1) is 15.7. The maximum Gasteiger partial charge on any atom is 0.408 e. The molecule has 0 radical (unpaired) electrons. The zero-order chi connectivity index (χ0) is 15.8. The van der Waals surface area contributed by atoms with Gasteiger partial charge in [0.05, 0.1) is 6.54 Å². The number of rotatable bonds is 3. The zero-order valence-corrected chi connectivity index (χ0v) is 12.3. The number of carbonyl (C=O) groups is 1. The van der Waals surface area contributed by atoms with E-state index in [1.165, 1.54) is 12.1 Å². The molecule has 0 saturated heterocycles. The largest absolute Gasteiger partial charge is 0.505 e. The summed E-state index contributed by atoms with van der Waals surface area (Å²) in [7, 11) is 0. The van der Waals surface area contributed by atoms with Crippen LogP contribution < -0.4 is 5.32 Å². The van der Waals surface area contributed by atoms with E-state index in [9.17, 15) is 9.90 Å². The van der Waals surface area contributed by atoms with Gasteiger partial charge in [-0.25, -0.2) is 9.78 Å². The van der Waals surface area contributed by atoms with Crippen LogP contribution in [0.25, 0.3) is 0 Å². The highest BCUT2D eigenvalue weighted by Gasteiger charge is 2.01. The van der Waals surface area contributed by atoms with E-state index in [4.69, 9.17) is 16.3 Å². The number of carbonyl (C=O) groups excluding carboxylic acids is 1. The molecule has 22 heavy (non-hydrogen) atoms. The van der Waals surface area contributed by atoms with E-state index in [0.29, 0.717) is 5.69 Å². The number of aromatic nitrogens is 1. The van der Waals surface area contributed by atoms with E-state index in [-0.39, 0.29) is 24.1 Å². The Labute approximate surface area is 132 Å². The van der Waals surface area contributed by atoms with Crippen LogP contribution in [0.3, 0.4) is 0 Å². The van der Waals surface area contributed by atoms with Crippen molar-refractivity contribution >= 4 is 17.7 Å². The summed E-state index contributed by atoms with van der Waals surface area (Å²) in [4.78, 5) is 15.3. The molecular formula is C16H13ClN2O3. The highest BCUT2D eigenvalue weighted by Crippen LogP contribution is 2.19. The molecule has 0 unspecified atom stereocenters. The number of pyridine rings is 1. The van der Waals surface area contributed by atoms with Gasteiger partial charge in [0.2, 0.25) is 0 Å². The molecule has 0 fully saturated rings. The summed E-state index contributed by atoms with van der Waals surface area (Å²) in [6.07, 6.45) is -0.546. The van der Waals surface area contributed by atoms with Crippen molar-refractivity contribution in [1.82, 2.24) is 10.3 Å². The van der Waals surface area contributed by atoms with Crippen molar-refractivity contribution in [2.75, 3.05) is 6.54 Å². The predicted octanol–water partition coefficient (Wildman–Crippen LogP) is 2.72. The normalized spacial score (nSPS) is 9.50. The molecule has 0 atom stereocenters. The average Bonchev–Trinajstić information content (AvgIpc) is 2.54. The Balaban J connectivity index is 1.75. The third-order valence-electron chi connectivity index (χ3n) is 2.58. The number of hydrogen-bond acceptors (Lipinski definition) is 4. The van der Waals surface area contributed by atoms with Gasteiger partial charge in [-0.15, -0.1) is 0 Å². The molecule has 112 valence electrons. The van der Waals surface area contributed by atoms with Gasteiger partial charge in [0.15, 0.2) is 10.9 Å². The van der Waals surface area contributed by atoms with Crippen LogP contribution in [0.1, 0.15) is 11.3 Å². The van der Waals surface area contributed by atoms with Gasteiger partial charge in [0.1, 0.15) is 12.3 Å². The van der Waals surface area contributed by atoms with Crippen molar-refractivity contribution in [2.45, 2.75) is 6.61 Å². The molecule has 2 rings (SSSR count). The Morgan fingerprint density at radius 2 is 2.05 bits per heavy atom. The molecule has 6 heteroatoms. The van der Waals surface area contributed by atoms with Gasteiger partial charge < -0.3 is 15.2 Å². The Hall–Kier alpha value is -2.71. The highest BCUT2D eigenvalue weighted by molar-refractivity contribution is 6.30. The topological polar surface area (TPSA) is 71.5 Å². The fraction of sp³-hybridized carbons (Fsp3) is 0.125. The second-order valence-corrected chi connectivity index (χ2v) is 4.58. The molecule has 1 heterocycles. The summed E-state index contributed by atoms with van der Waals surface area (Å²) in [6, 6.07) is 12.3. The van der Waals surface area contributed by atoms with Crippen molar-refractivity contribution < 1.29 is 14.6 Å². The maximum atomic E-state index is 11.5. The minimum absolute atomic E-state index is 0.0120. The van der Waals surface area contributed by atoms with Gasteiger partial charge in [-0.05, 0) is 23.6 Å². The molecule has 0 aliphatic rings. The molecule has 2 aromatic rings. The lowest BCUT2D eigenvalue weighted by Gasteiger charge is -2.04. The van der Waals surface area contributed by atoms with E-state index < -0.39 is 6.09 Å². The summed E-state index contributed by atoms with van der Waals surface area (Å²) >= 11 is 5.66. The van der Waals surface area contributed by atoms with Crippen LogP contribution in [0.15, 0.2) is 42.5 Å². The fourth-order valence-electron chi connectivity index (χ4n) is 1.52. The molecule has 0 aliphatic carbocycles. The van der Waals surface area contributed by atoms with Crippen LogP contribution in [-0.4, -0.2) is 22.7 Å². The van der Waals surface area contributed by atoms with Crippen molar-refractivity contribution in [3.63, 3.8) is 0 Å². The molecule has 1 amide bonds. The summed E-state index contributed by atoms with van der Waals surface area (Å²) in [5, 5.41) is 11.7. The standard InChI is InChI=1S/C16H13ClN2O3/c17-15-14(20)9-8-13(19-15)7-4-10-18-16(21)22-11-12-5-2-1-3-6-12/h1-3,5-6,8-9,20H,10-11H2,(H,18,21). The smallest absolute Gasteiger partial charge is 0.408 e. The lowest BCUT2D eigenvalue weighted by Crippen LogP contribution is -2.24. The van der Waals surface area contributed by atoms with Gasteiger partial charge in [-0.3, -0.25) is 0 Å². The number of aromatic hydroxyl groups is 1. The number of halogens is 1. The Morgan fingerprint density at radius 3 is 2.77 bits per heavy atom. The lowest BCUT2D eigenvalue weighted by molar-refractivity contribution is 0.141. The number of amides is 1. The van der Waals surface area contributed by atoms with Crippen LogP contribution >= 0.6 is 11.6 Å². The predicted molar refractivity (Wildman–Crippen MR) is 82.4 cm³/mol. The molecule has 0 saturated carbocycles. The minimum atomic E-state index is -0.546. The van der Waals surface area contributed by atoms with Crippen molar-refractivity contribution in [3.05, 3.63) is 58.9 Å². The van der Waals surface area contributed by atoms with Crippen LogP contribution in [0.4, 0.5) is 4.79 Å². The van der Waals surface area contributed by atoms with E-state index >= 15 is 0 Å².